The average molecular weight is 183 g/mol. The second-order valence-corrected chi connectivity index (χ2v) is 2.33. The molecule has 1 heterocycles. The fourth-order valence-corrected chi connectivity index (χ4v) is 0.781. The van der Waals surface area contributed by atoms with Crippen molar-refractivity contribution in [2.24, 2.45) is 0 Å². The lowest BCUT2D eigenvalue weighted by Gasteiger charge is -2.04. The molecule has 0 aliphatic carbocycles. The van der Waals surface area contributed by atoms with Gasteiger partial charge in [0.15, 0.2) is 0 Å². The zero-order valence-electron chi connectivity index (χ0n) is 7.56. The first-order valence-corrected chi connectivity index (χ1v) is 4.11. The van der Waals surface area contributed by atoms with Crippen LogP contribution < -0.4 is 10.5 Å². The van der Waals surface area contributed by atoms with E-state index >= 15 is 0 Å². The van der Waals surface area contributed by atoms with Gasteiger partial charge in [0.05, 0.1) is 19.0 Å². The highest BCUT2D eigenvalue weighted by atomic mass is 16.5. The van der Waals surface area contributed by atoms with E-state index in [-0.39, 0.29) is 0 Å². The van der Waals surface area contributed by atoms with Crippen LogP contribution in [0.2, 0.25) is 0 Å². The predicted octanol–water partition coefficient (Wildman–Crippen LogP) is 0.474. The molecule has 0 amide bonds. The lowest BCUT2D eigenvalue weighted by Crippen LogP contribution is -2.07. The molecule has 0 aliphatic heterocycles. The Morgan fingerprint density at radius 3 is 2.92 bits per heavy atom. The highest BCUT2D eigenvalue weighted by Gasteiger charge is 1.95. The van der Waals surface area contributed by atoms with Gasteiger partial charge < -0.3 is 15.2 Å². The Morgan fingerprint density at radius 2 is 2.23 bits per heavy atom. The maximum Gasteiger partial charge on any atom is 0.234 e. The molecule has 5 heteroatoms. The van der Waals surface area contributed by atoms with Gasteiger partial charge in [-0.25, -0.2) is 0 Å². The third kappa shape index (κ3) is 3.71. The molecule has 0 bridgehead atoms. The van der Waals surface area contributed by atoms with Gasteiger partial charge in [-0.2, -0.15) is 4.98 Å². The largest absolute Gasteiger partial charge is 0.474 e. The van der Waals surface area contributed by atoms with Crippen LogP contribution in [0.5, 0.6) is 5.88 Å². The fourth-order valence-electron chi connectivity index (χ4n) is 0.781. The molecule has 0 spiro atoms. The Hall–Kier alpha value is -1.36. The molecule has 0 unspecified atom stereocenters. The zero-order valence-corrected chi connectivity index (χ0v) is 7.56. The number of nitrogens with zero attached hydrogens (tertiary/aromatic N) is 2. The summed E-state index contributed by atoms with van der Waals surface area (Å²) >= 11 is 0. The molecule has 2 N–H and O–H groups in total. The number of hydrogen-bond acceptors (Lipinski definition) is 5. The highest BCUT2D eigenvalue weighted by molar-refractivity contribution is 5.25. The van der Waals surface area contributed by atoms with Gasteiger partial charge in [0.25, 0.3) is 0 Å². The first kappa shape index (κ1) is 9.73. The molecule has 1 aromatic rings. The Balaban J connectivity index is 2.28. The topological polar surface area (TPSA) is 70.3 Å². The third-order valence-electron chi connectivity index (χ3n) is 1.31. The molecule has 0 atom stereocenters. The Labute approximate surface area is 76.9 Å². The fraction of sp³-hybridized carbons (Fsp3) is 0.500. The van der Waals surface area contributed by atoms with Crippen LogP contribution in [-0.4, -0.2) is 29.8 Å². The standard InChI is InChI=1S/C8H13N3O2/c1-2-12-3-4-13-8-6-10-5-7(9)11-8/h5-6H,2-4H2,1H3,(H2,9,11). The van der Waals surface area contributed by atoms with Crippen molar-refractivity contribution in [3.05, 3.63) is 12.4 Å². The molecule has 72 valence electrons. The van der Waals surface area contributed by atoms with E-state index in [0.717, 1.165) is 0 Å². The maximum absolute atomic E-state index is 5.40. The molecular weight excluding hydrogens is 170 g/mol. The summed E-state index contributed by atoms with van der Waals surface area (Å²) in [5.41, 5.74) is 5.40. The van der Waals surface area contributed by atoms with Crippen molar-refractivity contribution in [3.63, 3.8) is 0 Å². The van der Waals surface area contributed by atoms with E-state index in [1.165, 1.54) is 12.4 Å². The minimum absolute atomic E-state index is 0.355. The van der Waals surface area contributed by atoms with Crippen LogP contribution in [-0.2, 0) is 4.74 Å². The number of ether oxygens (including phenoxy) is 2. The van der Waals surface area contributed by atoms with Crippen molar-refractivity contribution in [1.82, 2.24) is 9.97 Å². The summed E-state index contributed by atoms with van der Waals surface area (Å²) in [7, 11) is 0. The summed E-state index contributed by atoms with van der Waals surface area (Å²) in [5.74, 6) is 0.786. The van der Waals surface area contributed by atoms with Gasteiger partial charge >= 0.3 is 0 Å². The van der Waals surface area contributed by atoms with Crippen LogP contribution in [0.1, 0.15) is 6.92 Å². The zero-order chi connectivity index (χ0) is 9.52. The minimum atomic E-state index is 0.355. The number of nitrogen functional groups attached to an aromatic ring is 1. The lowest BCUT2D eigenvalue weighted by atomic mass is 10.6. The predicted molar refractivity (Wildman–Crippen MR) is 48.4 cm³/mol. The van der Waals surface area contributed by atoms with Crippen molar-refractivity contribution < 1.29 is 9.47 Å². The first-order valence-electron chi connectivity index (χ1n) is 4.11. The van der Waals surface area contributed by atoms with Crippen molar-refractivity contribution in [3.8, 4) is 5.88 Å². The molecule has 1 rings (SSSR count). The Bertz CT molecular complexity index is 255. The minimum Gasteiger partial charge on any atom is -0.474 e. The quantitative estimate of drug-likeness (QED) is 0.672. The lowest BCUT2D eigenvalue weighted by molar-refractivity contribution is 0.108. The molecule has 0 aliphatic rings. The van der Waals surface area contributed by atoms with E-state index in [1.807, 2.05) is 6.92 Å². The summed E-state index contributed by atoms with van der Waals surface area (Å²) in [6, 6.07) is 0. The van der Waals surface area contributed by atoms with Crippen molar-refractivity contribution in [1.29, 1.82) is 0 Å². The number of hydrogen-bond donors (Lipinski definition) is 1. The monoisotopic (exact) mass is 183 g/mol. The van der Waals surface area contributed by atoms with E-state index in [2.05, 4.69) is 9.97 Å². The van der Waals surface area contributed by atoms with Crippen LogP contribution in [0, 0.1) is 0 Å². The summed E-state index contributed by atoms with van der Waals surface area (Å²) in [6.07, 6.45) is 2.98. The van der Waals surface area contributed by atoms with Crippen molar-refractivity contribution >= 4 is 5.82 Å². The van der Waals surface area contributed by atoms with Gasteiger partial charge in [-0.3, -0.25) is 4.98 Å². The van der Waals surface area contributed by atoms with E-state index in [0.29, 0.717) is 31.5 Å². The van der Waals surface area contributed by atoms with Gasteiger partial charge in [0.1, 0.15) is 12.4 Å². The molecule has 0 fully saturated rings. The van der Waals surface area contributed by atoms with Crippen LogP contribution in [0.25, 0.3) is 0 Å². The summed E-state index contributed by atoms with van der Waals surface area (Å²) in [6.45, 7) is 3.63. The molecular formula is C8H13N3O2. The van der Waals surface area contributed by atoms with Crippen LogP contribution in [0.15, 0.2) is 12.4 Å². The molecule has 0 saturated heterocycles. The first-order chi connectivity index (χ1) is 6.33. The van der Waals surface area contributed by atoms with Crippen molar-refractivity contribution in [2.75, 3.05) is 25.6 Å². The van der Waals surface area contributed by atoms with E-state index in [9.17, 15) is 0 Å². The number of rotatable bonds is 5. The molecule has 0 saturated carbocycles. The highest BCUT2D eigenvalue weighted by Crippen LogP contribution is 2.04. The molecule has 0 aromatic carbocycles. The second kappa shape index (κ2) is 5.31. The molecule has 5 nitrogen and oxygen atoms in total. The number of anilines is 1. The van der Waals surface area contributed by atoms with Gasteiger partial charge in [0, 0.05) is 6.61 Å². The summed E-state index contributed by atoms with van der Waals surface area (Å²) in [5, 5.41) is 0. The van der Waals surface area contributed by atoms with Crippen molar-refractivity contribution in [2.45, 2.75) is 6.92 Å². The van der Waals surface area contributed by atoms with Crippen LogP contribution in [0.3, 0.4) is 0 Å². The van der Waals surface area contributed by atoms with E-state index in [1.54, 1.807) is 0 Å². The average Bonchev–Trinajstić information content (AvgIpc) is 2.13. The van der Waals surface area contributed by atoms with Gasteiger partial charge in [-0.05, 0) is 6.92 Å². The second-order valence-electron chi connectivity index (χ2n) is 2.33. The van der Waals surface area contributed by atoms with Gasteiger partial charge in [0.2, 0.25) is 5.88 Å². The normalized spacial score (nSPS) is 9.92. The summed E-state index contributed by atoms with van der Waals surface area (Å²) in [4.78, 5) is 7.74. The SMILES string of the molecule is CCOCCOc1cncc(N)n1. The summed E-state index contributed by atoms with van der Waals surface area (Å²) < 4.78 is 10.3. The molecule has 13 heavy (non-hydrogen) atoms. The molecule has 0 radical (unpaired) electrons. The maximum atomic E-state index is 5.40. The Kier molecular flexibility index (Phi) is 3.98. The smallest absolute Gasteiger partial charge is 0.234 e. The van der Waals surface area contributed by atoms with Crippen LogP contribution in [0.4, 0.5) is 5.82 Å². The van der Waals surface area contributed by atoms with E-state index in [4.69, 9.17) is 15.2 Å². The third-order valence-corrected chi connectivity index (χ3v) is 1.31. The van der Waals surface area contributed by atoms with Crippen LogP contribution >= 0.6 is 0 Å². The Morgan fingerprint density at radius 1 is 1.38 bits per heavy atom. The van der Waals surface area contributed by atoms with E-state index < -0.39 is 0 Å². The molecule has 1 aromatic heterocycles. The number of nitrogens with two attached hydrogens (primary N) is 1. The van der Waals surface area contributed by atoms with Gasteiger partial charge in [-0.15, -0.1) is 0 Å². The number of aromatic nitrogens is 2. The van der Waals surface area contributed by atoms with Gasteiger partial charge in [-0.1, -0.05) is 0 Å².